The lowest BCUT2D eigenvalue weighted by Crippen LogP contribution is -2.31. The summed E-state index contributed by atoms with van der Waals surface area (Å²) in [6.07, 6.45) is 3.07. The first-order valence-corrected chi connectivity index (χ1v) is 9.78. The summed E-state index contributed by atoms with van der Waals surface area (Å²) in [6, 6.07) is 8.72. The van der Waals surface area contributed by atoms with E-state index in [4.69, 9.17) is 4.98 Å². The molecule has 0 fully saturated rings. The Bertz CT molecular complexity index is 921. The maximum absolute atomic E-state index is 4.84. The van der Waals surface area contributed by atoms with Crippen LogP contribution in [0.4, 0.5) is 0 Å². The number of nitrogens with zero attached hydrogens (tertiary/aromatic N) is 3. The topological polar surface area (TPSA) is 29.0 Å². The minimum atomic E-state index is 0.0142. The highest BCUT2D eigenvalue weighted by molar-refractivity contribution is 7.19. The van der Waals surface area contributed by atoms with Crippen LogP contribution in [-0.2, 0) is 24.9 Å². The Morgan fingerprint density at radius 3 is 2.76 bits per heavy atom. The van der Waals surface area contributed by atoms with E-state index in [1.165, 1.54) is 31.8 Å². The van der Waals surface area contributed by atoms with Gasteiger partial charge in [0.05, 0.1) is 0 Å². The van der Waals surface area contributed by atoms with Gasteiger partial charge in [0.15, 0.2) is 0 Å². The molecule has 1 aliphatic heterocycles. The third-order valence-electron chi connectivity index (χ3n) is 4.99. The SMILES string of the molecule is Cc1c(CN2CCc3nc(C(C)(C)C)ncc3C2)sc2ccccc12. The van der Waals surface area contributed by atoms with Crippen molar-refractivity contribution in [3.8, 4) is 0 Å². The van der Waals surface area contributed by atoms with Crippen molar-refractivity contribution in [2.75, 3.05) is 6.54 Å². The molecule has 25 heavy (non-hydrogen) atoms. The number of rotatable bonds is 2. The Hall–Kier alpha value is -1.78. The minimum Gasteiger partial charge on any atom is -0.293 e. The van der Waals surface area contributed by atoms with Crippen molar-refractivity contribution in [2.24, 2.45) is 0 Å². The Morgan fingerprint density at radius 2 is 2.00 bits per heavy atom. The predicted molar refractivity (Wildman–Crippen MR) is 105 cm³/mol. The zero-order chi connectivity index (χ0) is 17.6. The molecule has 0 radical (unpaired) electrons. The maximum Gasteiger partial charge on any atom is 0.133 e. The van der Waals surface area contributed by atoms with Crippen molar-refractivity contribution in [1.82, 2.24) is 14.9 Å². The summed E-state index contributed by atoms with van der Waals surface area (Å²) < 4.78 is 1.39. The van der Waals surface area contributed by atoms with E-state index in [0.29, 0.717) is 0 Å². The number of benzene rings is 1. The fourth-order valence-electron chi connectivity index (χ4n) is 3.45. The van der Waals surface area contributed by atoms with E-state index >= 15 is 0 Å². The molecule has 4 rings (SSSR count). The van der Waals surface area contributed by atoms with Crippen LogP contribution in [0, 0.1) is 6.92 Å². The second-order valence-corrected chi connectivity index (χ2v) is 9.16. The third-order valence-corrected chi connectivity index (χ3v) is 6.25. The second-order valence-electron chi connectivity index (χ2n) is 8.02. The molecule has 3 aromatic rings. The number of hydrogen-bond donors (Lipinski definition) is 0. The Kier molecular flexibility index (Phi) is 4.13. The van der Waals surface area contributed by atoms with E-state index in [-0.39, 0.29) is 5.41 Å². The number of fused-ring (bicyclic) bond motifs is 2. The fraction of sp³-hybridized carbons (Fsp3) is 0.429. The molecular formula is C21H25N3S. The molecule has 0 unspecified atom stereocenters. The standard InChI is InChI=1S/C21H25N3S/c1-14-16-7-5-6-8-18(16)25-19(14)13-24-10-9-17-15(12-24)11-22-20(23-17)21(2,3)4/h5-8,11H,9-10,12-13H2,1-4H3. The molecule has 0 saturated carbocycles. The lowest BCUT2D eigenvalue weighted by molar-refractivity contribution is 0.244. The van der Waals surface area contributed by atoms with E-state index < -0.39 is 0 Å². The highest BCUT2D eigenvalue weighted by Gasteiger charge is 2.23. The molecule has 1 aromatic carbocycles. The molecule has 0 aliphatic carbocycles. The Balaban J connectivity index is 1.55. The van der Waals surface area contributed by atoms with Gasteiger partial charge in [-0.05, 0) is 23.9 Å². The van der Waals surface area contributed by atoms with Gasteiger partial charge in [0.25, 0.3) is 0 Å². The molecular weight excluding hydrogens is 326 g/mol. The molecule has 0 N–H and O–H groups in total. The van der Waals surface area contributed by atoms with Gasteiger partial charge < -0.3 is 0 Å². The quantitative estimate of drug-likeness (QED) is 0.660. The molecule has 4 heteroatoms. The van der Waals surface area contributed by atoms with Crippen LogP contribution in [0.5, 0.6) is 0 Å². The van der Waals surface area contributed by atoms with E-state index in [1.807, 2.05) is 17.5 Å². The molecule has 2 aromatic heterocycles. The number of hydrogen-bond acceptors (Lipinski definition) is 4. The van der Waals surface area contributed by atoms with Crippen LogP contribution < -0.4 is 0 Å². The first-order valence-electron chi connectivity index (χ1n) is 8.96. The molecule has 0 bridgehead atoms. The van der Waals surface area contributed by atoms with Crippen LogP contribution in [0.15, 0.2) is 30.5 Å². The minimum absolute atomic E-state index is 0.0142. The van der Waals surface area contributed by atoms with E-state index in [1.54, 1.807) is 0 Å². The normalized spacial score (nSPS) is 15.5. The summed E-state index contributed by atoms with van der Waals surface area (Å²) in [7, 11) is 0. The van der Waals surface area contributed by atoms with Gasteiger partial charge in [-0.2, -0.15) is 0 Å². The van der Waals surface area contributed by atoms with Crippen LogP contribution >= 0.6 is 11.3 Å². The van der Waals surface area contributed by atoms with Crippen LogP contribution in [0.3, 0.4) is 0 Å². The average molecular weight is 352 g/mol. The number of aromatic nitrogens is 2. The fourth-order valence-corrected chi connectivity index (χ4v) is 4.70. The highest BCUT2D eigenvalue weighted by atomic mass is 32.1. The molecule has 0 atom stereocenters. The zero-order valence-electron chi connectivity index (χ0n) is 15.5. The van der Waals surface area contributed by atoms with E-state index in [2.05, 4.69) is 61.8 Å². The van der Waals surface area contributed by atoms with Gasteiger partial charge in [0.1, 0.15) is 5.82 Å². The Labute approximate surface area is 153 Å². The highest BCUT2D eigenvalue weighted by Crippen LogP contribution is 2.32. The van der Waals surface area contributed by atoms with Crippen molar-refractivity contribution in [3.63, 3.8) is 0 Å². The van der Waals surface area contributed by atoms with Gasteiger partial charge in [-0.15, -0.1) is 11.3 Å². The molecule has 3 nitrogen and oxygen atoms in total. The van der Waals surface area contributed by atoms with Gasteiger partial charge in [-0.3, -0.25) is 4.90 Å². The molecule has 1 aliphatic rings. The summed E-state index contributed by atoms with van der Waals surface area (Å²) in [5.74, 6) is 0.958. The summed E-state index contributed by atoms with van der Waals surface area (Å²) in [6.45, 7) is 11.8. The first-order chi connectivity index (χ1) is 11.9. The van der Waals surface area contributed by atoms with Crippen LogP contribution in [-0.4, -0.2) is 21.4 Å². The summed E-state index contributed by atoms with van der Waals surface area (Å²) >= 11 is 1.93. The maximum atomic E-state index is 4.84. The van der Waals surface area contributed by atoms with Crippen molar-refractivity contribution in [2.45, 2.75) is 52.6 Å². The summed E-state index contributed by atoms with van der Waals surface area (Å²) in [5, 5.41) is 1.40. The van der Waals surface area contributed by atoms with Gasteiger partial charge in [0.2, 0.25) is 0 Å². The number of thiophene rings is 1. The van der Waals surface area contributed by atoms with Crippen molar-refractivity contribution < 1.29 is 0 Å². The molecule has 0 amide bonds. The second kappa shape index (κ2) is 6.19. The summed E-state index contributed by atoms with van der Waals surface area (Å²) in [5.41, 5.74) is 3.98. The molecule has 0 spiro atoms. The van der Waals surface area contributed by atoms with Crippen LogP contribution in [0.2, 0.25) is 0 Å². The van der Waals surface area contributed by atoms with E-state index in [9.17, 15) is 0 Å². The van der Waals surface area contributed by atoms with Gasteiger partial charge >= 0.3 is 0 Å². The Morgan fingerprint density at radius 1 is 1.20 bits per heavy atom. The van der Waals surface area contributed by atoms with Crippen molar-refractivity contribution in [3.05, 3.63) is 58.0 Å². The molecule has 130 valence electrons. The predicted octanol–water partition coefficient (Wildman–Crippen LogP) is 4.86. The van der Waals surface area contributed by atoms with Gasteiger partial charge in [0, 0.05) is 58.5 Å². The van der Waals surface area contributed by atoms with Gasteiger partial charge in [-0.25, -0.2) is 9.97 Å². The smallest absolute Gasteiger partial charge is 0.133 e. The third kappa shape index (κ3) is 3.21. The van der Waals surface area contributed by atoms with Crippen LogP contribution in [0.1, 0.15) is 48.3 Å². The van der Waals surface area contributed by atoms with Crippen molar-refractivity contribution >= 4 is 21.4 Å². The van der Waals surface area contributed by atoms with Crippen molar-refractivity contribution in [1.29, 1.82) is 0 Å². The lowest BCUT2D eigenvalue weighted by atomic mass is 9.95. The largest absolute Gasteiger partial charge is 0.293 e. The van der Waals surface area contributed by atoms with E-state index in [0.717, 1.165) is 31.9 Å². The van der Waals surface area contributed by atoms with Gasteiger partial charge in [-0.1, -0.05) is 39.0 Å². The number of aryl methyl sites for hydroxylation is 1. The zero-order valence-corrected chi connectivity index (χ0v) is 16.3. The molecule has 3 heterocycles. The van der Waals surface area contributed by atoms with Crippen LogP contribution in [0.25, 0.3) is 10.1 Å². The first kappa shape index (κ1) is 16.7. The molecule has 0 saturated heterocycles. The average Bonchev–Trinajstić information content (AvgIpc) is 2.90. The lowest BCUT2D eigenvalue weighted by Gasteiger charge is -2.29. The summed E-state index contributed by atoms with van der Waals surface area (Å²) in [4.78, 5) is 13.5. The monoisotopic (exact) mass is 351 g/mol.